The molecule has 0 saturated carbocycles. The number of halogens is 4. The Labute approximate surface area is 171 Å². The summed E-state index contributed by atoms with van der Waals surface area (Å²) in [6.45, 7) is 4.84. The number of amides is 1. The summed E-state index contributed by atoms with van der Waals surface area (Å²) < 4.78 is 59.6. The van der Waals surface area contributed by atoms with Crippen molar-refractivity contribution in [2.24, 2.45) is 4.99 Å². The van der Waals surface area contributed by atoms with Crippen molar-refractivity contribution in [3.8, 4) is 5.75 Å². The van der Waals surface area contributed by atoms with Gasteiger partial charge in [0.2, 0.25) is 0 Å². The molecule has 0 atom stereocenters. The van der Waals surface area contributed by atoms with Crippen LogP contribution < -0.4 is 9.41 Å². The normalized spacial score (nSPS) is 13.0. The van der Waals surface area contributed by atoms with Crippen molar-refractivity contribution in [1.82, 2.24) is 3.96 Å². The number of benzene rings is 1. The molecule has 0 bridgehead atoms. The number of carbonyl (C=O) groups is 1. The van der Waals surface area contributed by atoms with Crippen molar-refractivity contribution in [2.75, 3.05) is 13.8 Å². The molecule has 2 rings (SSSR count). The number of hydrogen-bond donors (Lipinski definition) is 0. The molecule has 0 N–H and O–H groups in total. The summed E-state index contributed by atoms with van der Waals surface area (Å²) in [4.78, 5) is 16.8. The van der Waals surface area contributed by atoms with E-state index in [-0.39, 0.29) is 11.3 Å². The second-order valence-corrected chi connectivity index (χ2v) is 8.22. The SMILES string of the molecule is CCCCc1cn(C(C)(C)CF)sc1=NC(=O)c1cc(C(F)(F)F)ccc1OC. The van der Waals surface area contributed by atoms with Crippen LogP contribution in [0.2, 0.25) is 0 Å². The number of ether oxygens (including phenoxy) is 1. The summed E-state index contributed by atoms with van der Waals surface area (Å²) in [7, 11) is 1.27. The van der Waals surface area contributed by atoms with Crippen LogP contribution in [0, 0.1) is 0 Å². The van der Waals surface area contributed by atoms with Crippen LogP contribution in [-0.2, 0) is 18.1 Å². The Hall–Kier alpha value is -2.16. The number of rotatable bonds is 7. The minimum atomic E-state index is -4.59. The standard InChI is InChI=1S/C20H24F4N2O2S/c1-5-6-7-13-11-26(19(2,3)12-21)29-18(13)25-17(27)15-10-14(20(22,23)24)8-9-16(15)28-4/h8-11H,5-7,12H2,1-4H3. The molecule has 160 valence electrons. The molecule has 0 radical (unpaired) electrons. The predicted octanol–water partition coefficient (Wildman–Crippen LogP) is 5.37. The van der Waals surface area contributed by atoms with Crippen LogP contribution in [0.1, 0.15) is 55.1 Å². The number of aryl methyl sites for hydroxylation is 1. The molecule has 1 amide bonds. The summed E-state index contributed by atoms with van der Waals surface area (Å²) in [6, 6.07) is 2.69. The molecule has 4 nitrogen and oxygen atoms in total. The topological polar surface area (TPSA) is 43.6 Å². The number of methoxy groups -OCH3 is 1. The van der Waals surface area contributed by atoms with Crippen molar-refractivity contribution < 1.29 is 27.1 Å². The van der Waals surface area contributed by atoms with Gasteiger partial charge < -0.3 is 4.74 Å². The lowest BCUT2D eigenvalue weighted by molar-refractivity contribution is -0.137. The molecule has 0 aliphatic rings. The van der Waals surface area contributed by atoms with Crippen LogP contribution >= 0.6 is 11.5 Å². The zero-order chi connectivity index (χ0) is 21.8. The van der Waals surface area contributed by atoms with E-state index in [4.69, 9.17) is 4.74 Å². The highest BCUT2D eigenvalue weighted by Gasteiger charge is 2.32. The van der Waals surface area contributed by atoms with Crippen LogP contribution in [-0.4, -0.2) is 23.6 Å². The zero-order valence-electron chi connectivity index (χ0n) is 16.8. The predicted molar refractivity (Wildman–Crippen MR) is 104 cm³/mol. The molecule has 1 aromatic heterocycles. The molecule has 0 saturated heterocycles. The molecule has 1 aromatic carbocycles. The summed E-state index contributed by atoms with van der Waals surface area (Å²) >= 11 is 1.11. The maximum absolute atomic E-state index is 13.4. The first-order valence-electron chi connectivity index (χ1n) is 9.16. The maximum atomic E-state index is 13.4. The number of hydrogen-bond acceptors (Lipinski definition) is 3. The first-order chi connectivity index (χ1) is 13.5. The third kappa shape index (κ3) is 5.46. The van der Waals surface area contributed by atoms with Crippen molar-refractivity contribution in [3.05, 3.63) is 45.8 Å². The Balaban J connectivity index is 2.57. The number of aromatic nitrogens is 1. The van der Waals surface area contributed by atoms with Gasteiger partial charge in [0.1, 0.15) is 17.1 Å². The number of alkyl halides is 4. The van der Waals surface area contributed by atoms with Crippen LogP contribution in [0.5, 0.6) is 5.75 Å². The van der Waals surface area contributed by atoms with Crippen LogP contribution in [0.25, 0.3) is 0 Å². The highest BCUT2D eigenvalue weighted by atomic mass is 32.1. The van der Waals surface area contributed by atoms with Gasteiger partial charge in [-0.1, -0.05) is 13.3 Å². The minimum Gasteiger partial charge on any atom is -0.496 e. The van der Waals surface area contributed by atoms with E-state index in [1.54, 1.807) is 24.0 Å². The number of nitrogens with zero attached hydrogens (tertiary/aromatic N) is 2. The highest BCUT2D eigenvalue weighted by Crippen LogP contribution is 2.32. The van der Waals surface area contributed by atoms with Gasteiger partial charge >= 0.3 is 6.18 Å². The maximum Gasteiger partial charge on any atom is 0.416 e. The Morgan fingerprint density at radius 1 is 1.28 bits per heavy atom. The van der Waals surface area contributed by atoms with E-state index >= 15 is 0 Å². The van der Waals surface area contributed by atoms with E-state index in [0.717, 1.165) is 48.1 Å². The van der Waals surface area contributed by atoms with Gasteiger partial charge in [-0.2, -0.15) is 18.2 Å². The molecule has 0 fully saturated rings. The Kier molecular flexibility index (Phi) is 7.26. The Morgan fingerprint density at radius 3 is 2.52 bits per heavy atom. The van der Waals surface area contributed by atoms with Gasteiger partial charge in [-0.15, -0.1) is 0 Å². The van der Waals surface area contributed by atoms with E-state index in [0.29, 0.717) is 11.1 Å². The minimum absolute atomic E-state index is 0.00961. The van der Waals surface area contributed by atoms with E-state index in [1.807, 2.05) is 6.92 Å². The van der Waals surface area contributed by atoms with Crippen molar-refractivity contribution >= 4 is 17.4 Å². The van der Waals surface area contributed by atoms with Crippen LogP contribution in [0.3, 0.4) is 0 Å². The molecule has 1 heterocycles. The average molecular weight is 432 g/mol. The monoisotopic (exact) mass is 432 g/mol. The Bertz CT molecular complexity index is 929. The van der Waals surface area contributed by atoms with Gasteiger partial charge in [0, 0.05) is 11.8 Å². The second-order valence-electron chi connectivity index (χ2n) is 7.26. The Morgan fingerprint density at radius 2 is 1.97 bits per heavy atom. The summed E-state index contributed by atoms with van der Waals surface area (Å²) in [6.07, 6.45) is -0.443. The first kappa shape index (κ1) is 23.1. The van der Waals surface area contributed by atoms with Crippen LogP contribution in [0.15, 0.2) is 29.4 Å². The van der Waals surface area contributed by atoms with E-state index < -0.39 is 29.9 Å². The van der Waals surface area contributed by atoms with Crippen molar-refractivity contribution in [2.45, 2.75) is 51.7 Å². The summed E-state index contributed by atoms with van der Waals surface area (Å²) in [5.74, 6) is -0.826. The van der Waals surface area contributed by atoms with Gasteiger partial charge in [0.15, 0.2) is 0 Å². The number of carbonyl (C=O) groups excluding carboxylic acids is 1. The van der Waals surface area contributed by atoms with Gasteiger partial charge in [0.25, 0.3) is 5.91 Å². The molecular weight excluding hydrogens is 408 g/mol. The lowest BCUT2D eigenvalue weighted by Crippen LogP contribution is -2.26. The van der Waals surface area contributed by atoms with E-state index in [2.05, 4.69) is 4.99 Å². The molecule has 0 aliphatic heterocycles. The van der Waals surface area contributed by atoms with E-state index in [1.165, 1.54) is 7.11 Å². The third-order valence-electron chi connectivity index (χ3n) is 4.42. The van der Waals surface area contributed by atoms with Gasteiger partial charge in [0.05, 0.1) is 23.8 Å². The molecule has 9 heteroatoms. The zero-order valence-corrected chi connectivity index (χ0v) is 17.6. The van der Waals surface area contributed by atoms with E-state index in [9.17, 15) is 22.4 Å². The lowest BCUT2D eigenvalue weighted by Gasteiger charge is -2.21. The first-order valence-corrected chi connectivity index (χ1v) is 9.93. The van der Waals surface area contributed by atoms with Crippen molar-refractivity contribution in [3.63, 3.8) is 0 Å². The molecule has 29 heavy (non-hydrogen) atoms. The molecule has 0 spiro atoms. The van der Waals surface area contributed by atoms with Gasteiger partial charge in [-0.3, -0.25) is 8.75 Å². The molecule has 2 aromatic rings. The summed E-state index contributed by atoms with van der Waals surface area (Å²) in [5, 5.41) is 0. The largest absolute Gasteiger partial charge is 0.496 e. The fourth-order valence-corrected chi connectivity index (χ4v) is 3.62. The third-order valence-corrected chi connectivity index (χ3v) is 5.74. The fourth-order valence-electron chi connectivity index (χ4n) is 2.57. The van der Waals surface area contributed by atoms with Crippen LogP contribution in [0.4, 0.5) is 17.6 Å². The molecule has 0 unspecified atom stereocenters. The average Bonchev–Trinajstić information content (AvgIpc) is 3.08. The second kappa shape index (κ2) is 9.11. The van der Waals surface area contributed by atoms with Gasteiger partial charge in [-0.25, -0.2) is 4.39 Å². The lowest BCUT2D eigenvalue weighted by atomic mass is 10.1. The van der Waals surface area contributed by atoms with Crippen molar-refractivity contribution in [1.29, 1.82) is 0 Å². The number of unbranched alkanes of at least 4 members (excludes halogenated alkanes) is 1. The quantitative estimate of drug-likeness (QED) is 0.553. The fraction of sp³-hybridized carbons (Fsp3) is 0.500. The highest BCUT2D eigenvalue weighted by molar-refractivity contribution is 7.04. The smallest absolute Gasteiger partial charge is 0.416 e. The summed E-state index contributed by atoms with van der Waals surface area (Å²) in [5.41, 5.74) is -1.27. The molecular formula is C20H24F4N2O2S. The van der Waals surface area contributed by atoms with Gasteiger partial charge in [-0.05, 0) is 56.4 Å². The molecule has 0 aliphatic carbocycles.